The Bertz CT molecular complexity index is 858. The van der Waals surface area contributed by atoms with Gasteiger partial charge in [-0.25, -0.2) is 21.9 Å². The lowest BCUT2D eigenvalue weighted by molar-refractivity contribution is -0.116. The maximum Gasteiger partial charge on any atom is 0.223 e. The number of rotatable bonds is 8. The predicted molar refractivity (Wildman–Crippen MR) is 96.3 cm³/mol. The molecule has 5 nitrogen and oxygen atoms in total. The van der Waals surface area contributed by atoms with Crippen molar-refractivity contribution in [2.45, 2.75) is 13.3 Å². The molecule has 0 saturated heterocycles. The van der Waals surface area contributed by atoms with Gasteiger partial charge in [0.25, 0.3) is 0 Å². The number of amides is 1. The minimum atomic E-state index is -3.54. The average Bonchev–Trinajstić information content (AvgIpc) is 2.59. The van der Waals surface area contributed by atoms with Crippen LogP contribution in [0.25, 0.3) is 0 Å². The first-order valence-electron chi connectivity index (χ1n) is 8.03. The first-order chi connectivity index (χ1) is 12.3. The van der Waals surface area contributed by atoms with Crippen LogP contribution in [0.2, 0.25) is 0 Å². The summed E-state index contributed by atoms with van der Waals surface area (Å²) in [6.45, 7) is 1.09. The van der Waals surface area contributed by atoms with E-state index in [0.29, 0.717) is 12.5 Å². The molecule has 2 rings (SSSR count). The van der Waals surface area contributed by atoms with E-state index < -0.39 is 27.6 Å². The topological polar surface area (TPSA) is 66.5 Å². The molecule has 0 aromatic heterocycles. The van der Waals surface area contributed by atoms with Crippen molar-refractivity contribution in [1.82, 2.24) is 4.72 Å². The number of nitrogens with one attached hydrogen (secondary N) is 1. The molecule has 0 saturated carbocycles. The first-order valence-corrected chi connectivity index (χ1v) is 9.68. The number of sulfonamides is 1. The van der Waals surface area contributed by atoms with Crippen LogP contribution in [0.1, 0.15) is 12.5 Å². The molecule has 0 aliphatic rings. The van der Waals surface area contributed by atoms with E-state index in [-0.39, 0.29) is 24.5 Å². The van der Waals surface area contributed by atoms with Gasteiger partial charge in [0.15, 0.2) is 0 Å². The fourth-order valence-electron chi connectivity index (χ4n) is 2.43. The summed E-state index contributed by atoms with van der Waals surface area (Å²) in [7, 11) is -3.54. The van der Waals surface area contributed by atoms with Gasteiger partial charge in [0.2, 0.25) is 15.9 Å². The third-order valence-corrected chi connectivity index (χ3v) is 5.13. The van der Waals surface area contributed by atoms with E-state index >= 15 is 0 Å². The van der Waals surface area contributed by atoms with Gasteiger partial charge in [0.05, 0.1) is 11.4 Å². The molecule has 0 aliphatic carbocycles. The quantitative estimate of drug-likeness (QED) is 0.763. The van der Waals surface area contributed by atoms with E-state index in [1.165, 1.54) is 6.92 Å². The molecule has 2 aromatic carbocycles. The van der Waals surface area contributed by atoms with E-state index in [2.05, 4.69) is 4.72 Å². The van der Waals surface area contributed by atoms with Crippen LogP contribution >= 0.6 is 0 Å². The van der Waals surface area contributed by atoms with Gasteiger partial charge in [-0.1, -0.05) is 30.3 Å². The lowest BCUT2D eigenvalue weighted by Crippen LogP contribution is -2.38. The molecule has 1 amide bonds. The molecule has 2 aromatic rings. The van der Waals surface area contributed by atoms with Gasteiger partial charge >= 0.3 is 0 Å². The van der Waals surface area contributed by atoms with Crippen LogP contribution in [0.5, 0.6) is 0 Å². The summed E-state index contributed by atoms with van der Waals surface area (Å²) in [5, 5.41) is 0. The molecule has 0 aliphatic heterocycles. The number of benzene rings is 2. The zero-order valence-corrected chi connectivity index (χ0v) is 15.1. The van der Waals surface area contributed by atoms with Crippen LogP contribution in [-0.2, 0) is 21.2 Å². The minimum Gasteiger partial charge on any atom is -0.309 e. The molecule has 26 heavy (non-hydrogen) atoms. The molecule has 0 radical (unpaired) electrons. The zero-order chi connectivity index (χ0) is 19.2. The van der Waals surface area contributed by atoms with E-state index in [9.17, 15) is 22.0 Å². The summed E-state index contributed by atoms with van der Waals surface area (Å²) in [6.07, 6.45) is 0.360. The number of carbonyl (C=O) groups is 1. The van der Waals surface area contributed by atoms with Crippen molar-refractivity contribution >= 4 is 21.6 Å². The molecule has 0 unspecified atom stereocenters. The smallest absolute Gasteiger partial charge is 0.223 e. The summed E-state index contributed by atoms with van der Waals surface area (Å²) in [6, 6.07) is 12.0. The summed E-state index contributed by atoms with van der Waals surface area (Å²) in [5.41, 5.74) is 0.805. The number of aryl methyl sites for hydroxylation is 1. The predicted octanol–water partition coefficient (Wildman–Crippen LogP) is 2.48. The summed E-state index contributed by atoms with van der Waals surface area (Å²) < 4.78 is 53.4. The molecule has 140 valence electrons. The maximum absolute atomic E-state index is 13.9. The molecule has 0 bridgehead atoms. The average molecular weight is 382 g/mol. The number of hydrogen-bond acceptors (Lipinski definition) is 3. The lowest BCUT2D eigenvalue weighted by Gasteiger charge is -2.22. The monoisotopic (exact) mass is 382 g/mol. The van der Waals surface area contributed by atoms with Crippen molar-refractivity contribution in [2.75, 3.05) is 23.7 Å². The standard InChI is InChI=1S/C18H20F2N2O3S/c1-14(23)22(18-8-7-16(19)13-17(18)20)11-10-21-26(24,25)12-9-15-5-3-2-4-6-15/h2-8,13,21H,9-12H2,1H3. The third-order valence-electron chi connectivity index (χ3n) is 3.74. The molecule has 0 atom stereocenters. The van der Waals surface area contributed by atoms with Crippen LogP contribution < -0.4 is 9.62 Å². The van der Waals surface area contributed by atoms with E-state index in [1.54, 1.807) is 0 Å². The van der Waals surface area contributed by atoms with Gasteiger partial charge < -0.3 is 4.90 Å². The minimum absolute atomic E-state index is 0.0670. The van der Waals surface area contributed by atoms with E-state index in [4.69, 9.17) is 0 Å². The number of carbonyl (C=O) groups excluding carboxylic acids is 1. The number of hydrogen-bond donors (Lipinski definition) is 1. The van der Waals surface area contributed by atoms with Gasteiger partial charge in [-0.2, -0.15) is 0 Å². The van der Waals surface area contributed by atoms with Crippen molar-refractivity contribution in [1.29, 1.82) is 0 Å². The van der Waals surface area contributed by atoms with E-state index in [1.807, 2.05) is 30.3 Å². The van der Waals surface area contributed by atoms with Crippen molar-refractivity contribution in [3.05, 3.63) is 65.7 Å². The largest absolute Gasteiger partial charge is 0.309 e. The van der Waals surface area contributed by atoms with Crippen LogP contribution in [-0.4, -0.2) is 33.2 Å². The first kappa shape index (κ1) is 20.0. The Morgan fingerprint density at radius 2 is 1.81 bits per heavy atom. The van der Waals surface area contributed by atoms with Gasteiger partial charge in [-0.15, -0.1) is 0 Å². The second kappa shape index (κ2) is 8.86. The highest BCUT2D eigenvalue weighted by atomic mass is 32.2. The number of halogens is 2. The molecular formula is C18H20F2N2O3S. The molecule has 1 N–H and O–H groups in total. The van der Waals surface area contributed by atoms with Crippen molar-refractivity contribution < 1.29 is 22.0 Å². The Morgan fingerprint density at radius 3 is 2.42 bits per heavy atom. The fourth-order valence-corrected chi connectivity index (χ4v) is 3.48. The van der Waals surface area contributed by atoms with Crippen molar-refractivity contribution in [3.8, 4) is 0 Å². The second-order valence-electron chi connectivity index (χ2n) is 5.72. The maximum atomic E-state index is 13.9. The lowest BCUT2D eigenvalue weighted by atomic mass is 10.2. The normalized spacial score (nSPS) is 11.3. The Morgan fingerprint density at radius 1 is 1.12 bits per heavy atom. The SMILES string of the molecule is CC(=O)N(CCNS(=O)(=O)CCc1ccccc1)c1ccc(F)cc1F. The van der Waals surface area contributed by atoms with Gasteiger partial charge in [-0.3, -0.25) is 4.79 Å². The molecule has 0 spiro atoms. The summed E-state index contributed by atoms with van der Waals surface area (Å²) >= 11 is 0. The van der Waals surface area contributed by atoms with Crippen molar-refractivity contribution in [3.63, 3.8) is 0 Å². The molecule has 0 fully saturated rings. The van der Waals surface area contributed by atoms with Gasteiger partial charge in [0, 0.05) is 26.1 Å². The second-order valence-corrected chi connectivity index (χ2v) is 7.64. The highest BCUT2D eigenvalue weighted by Crippen LogP contribution is 2.20. The highest BCUT2D eigenvalue weighted by Gasteiger charge is 2.17. The van der Waals surface area contributed by atoms with Crippen LogP contribution in [0.3, 0.4) is 0 Å². The summed E-state index contributed by atoms with van der Waals surface area (Å²) in [5.74, 6) is -2.20. The third kappa shape index (κ3) is 5.89. The van der Waals surface area contributed by atoms with E-state index in [0.717, 1.165) is 22.6 Å². The molecule has 0 heterocycles. The number of nitrogens with zero attached hydrogens (tertiary/aromatic N) is 1. The van der Waals surface area contributed by atoms with Crippen LogP contribution in [0.4, 0.5) is 14.5 Å². The Labute approximate surface area is 151 Å². The van der Waals surface area contributed by atoms with Crippen LogP contribution in [0, 0.1) is 11.6 Å². The van der Waals surface area contributed by atoms with Crippen LogP contribution in [0.15, 0.2) is 48.5 Å². The van der Waals surface area contributed by atoms with Crippen molar-refractivity contribution in [2.24, 2.45) is 0 Å². The Kier molecular flexibility index (Phi) is 6.82. The van der Waals surface area contributed by atoms with Gasteiger partial charge in [-0.05, 0) is 24.1 Å². The molecular weight excluding hydrogens is 362 g/mol. The Hall–Kier alpha value is -2.32. The highest BCUT2D eigenvalue weighted by molar-refractivity contribution is 7.89. The molecule has 8 heteroatoms. The number of anilines is 1. The zero-order valence-electron chi connectivity index (χ0n) is 14.3. The van der Waals surface area contributed by atoms with Gasteiger partial charge in [0.1, 0.15) is 11.6 Å². The fraction of sp³-hybridized carbons (Fsp3) is 0.278. The summed E-state index contributed by atoms with van der Waals surface area (Å²) in [4.78, 5) is 12.8. The Balaban J connectivity index is 1.93.